The first kappa shape index (κ1) is 14.3. The van der Waals surface area contributed by atoms with Crippen LogP contribution in [0.1, 0.15) is 43.2 Å². The molecular weight excluding hydrogens is 264 g/mol. The number of hydrogen-bond donors (Lipinski definition) is 2. The highest BCUT2D eigenvalue weighted by Crippen LogP contribution is 2.40. The number of aromatic nitrogens is 1. The molecule has 0 radical (unpaired) electrons. The molecule has 0 saturated heterocycles. The summed E-state index contributed by atoms with van der Waals surface area (Å²) in [4.78, 5) is 16.3. The molecule has 4 nitrogen and oxygen atoms in total. The minimum Gasteiger partial charge on any atom is -0.392 e. The molecule has 1 aromatic heterocycles. The van der Waals surface area contributed by atoms with Gasteiger partial charge in [0.05, 0.1) is 6.10 Å². The maximum atomic E-state index is 12.2. The summed E-state index contributed by atoms with van der Waals surface area (Å²) in [6.45, 7) is 5.86. The van der Waals surface area contributed by atoms with E-state index in [4.69, 9.17) is 11.6 Å². The molecule has 1 aliphatic carbocycles. The number of aryl methyl sites for hydroxylation is 1. The minimum absolute atomic E-state index is 0.00739. The second-order valence-corrected chi connectivity index (χ2v) is 6.01. The van der Waals surface area contributed by atoms with E-state index in [-0.39, 0.29) is 23.5 Å². The van der Waals surface area contributed by atoms with Gasteiger partial charge in [-0.25, -0.2) is 4.98 Å². The Bertz CT molecular complexity index is 502. The second kappa shape index (κ2) is 5.10. The summed E-state index contributed by atoms with van der Waals surface area (Å²) in [5, 5.41) is 13.0. The standard InChI is InChI=1S/C14H19ClN2O2/c1-4-9-5-8(6-12(15)16-9)13(19)17-10-7-11(18)14(10,2)3/h5-6,10-11,18H,4,7H2,1-3H3,(H,17,19). The van der Waals surface area contributed by atoms with E-state index >= 15 is 0 Å². The summed E-state index contributed by atoms with van der Waals surface area (Å²) in [7, 11) is 0. The highest BCUT2D eigenvalue weighted by Gasteiger charge is 2.47. The summed E-state index contributed by atoms with van der Waals surface area (Å²) in [5.74, 6) is -0.163. The van der Waals surface area contributed by atoms with Crippen LogP contribution in [0.4, 0.5) is 0 Å². The number of carbonyl (C=O) groups is 1. The van der Waals surface area contributed by atoms with E-state index < -0.39 is 0 Å². The van der Waals surface area contributed by atoms with Gasteiger partial charge in [0.1, 0.15) is 5.15 Å². The molecule has 5 heteroatoms. The van der Waals surface area contributed by atoms with Gasteiger partial charge in [0.15, 0.2) is 0 Å². The van der Waals surface area contributed by atoms with Gasteiger partial charge < -0.3 is 10.4 Å². The summed E-state index contributed by atoms with van der Waals surface area (Å²) >= 11 is 5.91. The van der Waals surface area contributed by atoms with Crippen LogP contribution < -0.4 is 5.32 Å². The highest BCUT2D eigenvalue weighted by molar-refractivity contribution is 6.29. The Morgan fingerprint density at radius 3 is 2.79 bits per heavy atom. The van der Waals surface area contributed by atoms with Gasteiger partial charge in [-0.1, -0.05) is 32.4 Å². The van der Waals surface area contributed by atoms with Gasteiger partial charge in [0.2, 0.25) is 0 Å². The maximum absolute atomic E-state index is 12.2. The van der Waals surface area contributed by atoms with Crippen molar-refractivity contribution < 1.29 is 9.90 Å². The van der Waals surface area contributed by atoms with Crippen LogP contribution in [0, 0.1) is 5.41 Å². The molecule has 2 N–H and O–H groups in total. The third kappa shape index (κ3) is 2.74. The summed E-state index contributed by atoms with van der Waals surface area (Å²) in [5.41, 5.74) is 1.04. The highest BCUT2D eigenvalue weighted by atomic mass is 35.5. The van der Waals surface area contributed by atoms with Crippen molar-refractivity contribution in [1.29, 1.82) is 0 Å². The lowest BCUT2D eigenvalue weighted by atomic mass is 9.64. The Kier molecular flexibility index (Phi) is 3.83. The SMILES string of the molecule is CCc1cc(C(=O)NC2CC(O)C2(C)C)cc(Cl)n1. The van der Waals surface area contributed by atoms with E-state index in [1.807, 2.05) is 20.8 Å². The summed E-state index contributed by atoms with van der Waals surface area (Å²) in [6, 6.07) is 3.31. The fourth-order valence-corrected chi connectivity index (χ4v) is 2.48. The van der Waals surface area contributed by atoms with Crippen LogP contribution in [0.25, 0.3) is 0 Å². The number of halogens is 1. The van der Waals surface area contributed by atoms with Gasteiger partial charge in [-0.3, -0.25) is 4.79 Å². The molecule has 1 amide bonds. The fraction of sp³-hybridized carbons (Fsp3) is 0.571. The lowest BCUT2D eigenvalue weighted by Gasteiger charge is -2.49. The lowest BCUT2D eigenvalue weighted by molar-refractivity contribution is -0.0689. The van der Waals surface area contributed by atoms with Gasteiger partial charge >= 0.3 is 0 Å². The molecule has 0 aliphatic heterocycles. The van der Waals surface area contributed by atoms with E-state index in [0.717, 1.165) is 12.1 Å². The van der Waals surface area contributed by atoms with Crippen molar-refractivity contribution in [3.05, 3.63) is 28.5 Å². The van der Waals surface area contributed by atoms with Crippen LogP contribution in [0.3, 0.4) is 0 Å². The Balaban J connectivity index is 2.11. The van der Waals surface area contributed by atoms with Crippen molar-refractivity contribution in [2.45, 2.75) is 45.8 Å². The first-order chi connectivity index (χ1) is 8.84. The van der Waals surface area contributed by atoms with Crippen molar-refractivity contribution in [3.63, 3.8) is 0 Å². The number of nitrogens with zero attached hydrogens (tertiary/aromatic N) is 1. The van der Waals surface area contributed by atoms with E-state index in [0.29, 0.717) is 17.1 Å². The normalized spacial score (nSPS) is 24.7. The average molecular weight is 283 g/mol. The van der Waals surface area contributed by atoms with Gasteiger partial charge in [0, 0.05) is 22.7 Å². The van der Waals surface area contributed by atoms with Crippen LogP contribution in [0.15, 0.2) is 12.1 Å². The van der Waals surface area contributed by atoms with Gasteiger partial charge in [-0.15, -0.1) is 0 Å². The smallest absolute Gasteiger partial charge is 0.251 e. The van der Waals surface area contributed by atoms with Gasteiger partial charge in [-0.05, 0) is 25.0 Å². The first-order valence-electron chi connectivity index (χ1n) is 6.50. The van der Waals surface area contributed by atoms with Crippen LogP contribution >= 0.6 is 11.6 Å². The second-order valence-electron chi connectivity index (χ2n) is 5.62. The number of nitrogens with one attached hydrogen (secondary N) is 1. The molecular formula is C14H19ClN2O2. The number of pyridine rings is 1. The molecule has 19 heavy (non-hydrogen) atoms. The lowest BCUT2D eigenvalue weighted by Crippen LogP contribution is -2.61. The molecule has 2 atom stereocenters. The Hall–Kier alpha value is -1.13. The van der Waals surface area contributed by atoms with Gasteiger partial charge in [-0.2, -0.15) is 0 Å². The number of aliphatic hydroxyl groups excluding tert-OH is 1. The predicted molar refractivity (Wildman–Crippen MR) is 74.3 cm³/mol. The Morgan fingerprint density at radius 1 is 1.58 bits per heavy atom. The van der Waals surface area contributed by atoms with E-state index in [9.17, 15) is 9.90 Å². The molecule has 2 unspecified atom stereocenters. The summed E-state index contributed by atoms with van der Waals surface area (Å²) < 4.78 is 0. The number of rotatable bonds is 3. The third-order valence-corrected chi connectivity index (χ3v) is 4.19. The molecule has 1 saturated carbocycles. The molecule has 1 fully saturated rings. The van der Waals surface area contributed by atoms with Crippen LogP contribution in [0.5, 0.6) is 0 Å². The van der Waals surface area contributed by atoms with E-state index in [1.54, 1.807) is 12.1 Å². The molecule has 2 rings (SSSR count). The number of hydrogen-bond acceptors (Lipinski definition) is 3. The van der Waals surface area contributed by atoms with E-state index in [1.165, 1.54) is 0 Å². The number of carbonyl (C=O) groups excluding carboxylic acids is 1. The maximum Gasteiger partial charge on any atom is 0.251 e. The monoisotopic (exact) mass is 282 g/mol. The van der Waals surface area contributed by atoms with Crippen molar-refractivity contribution in [1.82, 2.24) is 10.3 Å². The van der Waals surface area contributed by atoms with Gasteiger partial charge in [0.25, 0.3) is 5.91 Å². The zero-order valence-electron chi connectivity index (χ0n) is 11.4. The topological polar surface area (TPSA) is 62.2 Å². The van der Waals surface area contributed by atoms with Crippen LogP contribution in [-0.4, -0.2) is 28.1 Å². The van der Waals surface area contributed by atoms with Crippen molar-refractivity contribution in [3.8, 4) is 0 Å². The predicted octanol–water partition coefficient (Wildman–Crippen LogP) is 2.19. The van der Waals surface area contributed by atoms with E-state index in [2.05, 4.69) is 10.3 Å². The zero-order valence-corrected chi connectivity index (χ0v) is 12.2. The summed E-state index contributed by atoms with van der Waals surface area (Å²) in [6.07, 6.45) is 0.970. The molecule has 104 valence electrons. The zero-order chi connectivity index (χ0) is 14.2. The molecule has 0 spiro atoms. The van der Waals surface area contributed by atoms with Crippen molar-refractivity contribution in [2.75, 3.05) is 0 Å². The van der Waals surface area contributed by atoms with Crippen LogP contribution in [0.2, 0.25) is 5.15 Å². The van der Waals surface area contributed by atoms with Crippen molar-refractivity contribution >= 4 is 17.5 Å². The Morgan fingerprint density at radius 2 is 2.26 bits per heavy atom. The fourth-order valence-electron chi connectivity index (χ4n) is 2.25. The largest absolute Gasteiger partial charge is 0.392 e. The average Bonchev–Trinajstić information content (AvgIpc) is 2.37. The molecule has 0 bridgehead atoms. The molecule has 1 heterocycles. The first-order valence-corrected chi connectivity index (χ1v) is 6.87. The minimum atomic E-state index is -0.356. The molecule has 0 aromatic carbocycles. The van der Waals surface area contributed by atoms with Crippen molar-refractivity contribution in [2.24, 2.45) is 5.41 Å². The quantitative estimate of drug-likeness (QED) is 0.836. The third-order valence-electron chi connectivity index (χ3n) is 3.99. The Labute approximate surface area is 118 Å². The molecule has 1 aromatic rings. The number of amides is 1. The number of aliphatic hydroxyl groups is 1. The van der Waals surface area contributed by atoms with Crippen LogP contribution in [-0.2, 0) is 6.42 Å². The molecule has 1 aliphatic rings.